The Labute approximate surface area is 107 Å². The third-order valence-electron chi connectivity index (χ3n) is 1.72. The van der Waals surface area contributed by atoms with Gasteiger partial charge in [-0.25, -0.2) is 4.39 Å². The Morgan fingerprint density at radius 1 is 1.31 bits per heavy atom. The SMILES string of the molecule is NCCOCCOc1cc(F)c(Cl)cc1Br. The molecule has 0 aliphatic rings. The minimum Gasteiger partial charge on any atom is -0.490 e. The molecule has 0 saturated heterocycles. The zero-order chi connectivity index (χ0) is 12.0. The quantitative estimate of drug-likeness (QED) is 0.648. The van der Waals surface area contributed by atoms with Crippen LogP contribution in [0.15, 0.2) is 16.6 Å². The van der Waals surface area contributed by atoms with Crippen LogP contribution in [-0.2, 0) is 4.74 Å². The van der Waals surface area contributed by atoms with E-state index in [9.17, 15) is 4.39 Å². The van der Waals surface area contributed by atoms with Gasteiger partial charge < -0.3 is 15.2 Å². The van der Waals surface area contributed by atoms with E-state index in [1.807, 2.05) is 0 Å². The average molecular weight is 313 g/mol. The summed E-state index contributed by atoms with van der Waals surface area (Å²) in [6.07, 6.45) is 0. The minimum atomic E-state index is -0.511. The number of rotatable bonds is 6. The van der Waals surface area contributed by atoms with Crippen molar-refractivity contribution in [3.8, 4) is 5.75 Å². The number of hydrogen-bond acceptors (Lipinski definition) is 3. The molecule has 0 heterocycles. The predicted octanol–water partition coefficient (Wildman–Crippen LogP) is 2.60. The molecule has 1 aromatic rings. The topological polar surface area (TPSA) is 44.5 Å². The lowest BCUT2D eigenvalue weighted by Gasteiger charge is -2.09. The molecule has 0 bridgehead atoms. The summed E-state index contributed by atoms with van der Waals surface area (Å²) in [6.45, 7) is 1.70. The van der Waals surface area contributed by atoms with Crippen LogP contribution in [0, 0.1) is 5.82 Å². The van der Waals surface area contributed by atoms with Gasteiger partial charge >= 0.3 is 0 Å². The number of hydrogen-bond donors (Lipinski definition) is 1. The van der Waals surface area contributed by atoms with E-state index in [0.717, 1.165) is 0 Å². The first-order chi connectivity index (χ1) is 7.65. The molecular formula is C10H12BrClFNO2. The maximum Gasteiger partial charge on any atom is 0.145 e. The fraction of sp³-hybridized carbons (Fsp3) is 0.400. The number of nitrogens with two attached hydrogens (primary N) is 1. The zero-order valence-corrected chi connectivity index (χ0v) is 10.9. The molecule has 0 atom stereocenters. The molecule has 6 heteroatoms. The van der Waals surface area contributed by atoms with E-state index < -0.39 is 5.82 Å². The molecule has 0 radical (unpaired) electrons. The number of benzene rings is 1. The second-order valence-electron chi connectivity index (χ2n) is 2.95. The predicted molar refractivity (Wildman–Crippen MR) is 64.5 cm³/mol. The van der Waals surface area contributed by atoms with Crippen molar-refractivity contribution in [2.24, 2.45) is 5.73 Å². The fourth-order valence-corrected chi connectivity index (χ4v) is 1.76. The van der Waals surface area contributed by atoms with Crippen LogP contribution in [0.3, 0.4) is 0 Å². The Bertz CT molecular complexity index is 352. The van der Waals surface area contributed by atoms with Crippen LogP contribution in [0.4, 0.5) is 4.39 Å². The maximum atomic E-state index is 13.1. The molecule has 3 nitrogen and oxygen atoms in total. The van der Waals surface area contributed by atoms with Gasteiger partial charge in [0, 0.05) is 12.6 Å². The summed E-state index contributed by atoms with van der Waals surface area (Å²) in [5, 5.41) is 0.0543. The standard InChI is InChI=1S/C10H12BrClFNO2/c11-7-5-8(12)9(13)6-10(7)16-4-3-15-2-1-14/h5-6H,1-4,14H2. The third kappa shape index (κ3) is 4.25. The highest BCUT2D eigenvalue weighted by molar-refractivity contribution is 9.10. The second-order valence-corrected chi connectivity index (χ2v) is 4.21. The Hall–Kier alpha value is -0.360. The molecule has 0 unspecified atom stereocenters. The third-order valence-corrected chi connectivity index (χ3v) is 2.63. The second kappa shape index (κ2) is 7.06. The molecule has 0 fully saturated rings. The van der Waals surface area contributed by atoms with Crippen LogP contribution in [0.2, 0.25) is 5.02 Å². The van der Waals surface area contributed by atoms with Gasteiger partial charge in [0.1, 0.15) is 18.2 Å². The first-order valence-electron chi connectivity index (χ1n) is 4.70. The molecule has 0 spiro atoms. The highest BCUT2D eigenvalue weighted by atomic mass is 79.9. The van der Waals surface area contributed by atoms with Crippen LogP contribution < -0.4 is 10.5 Å². The Morgan fingerprint density at radius 3 is 2.75 bits per heavy atom. The van der Waals surface area contributed by atoms with Crippen molar-refractivity contribution >= 4 is 27.5 Å². The Morgan fingerprint density at radius 2 is 2.06 bits per heavy atom. The lowest BCUT2D eigenvalue weighted by Crippen LogP contribution is -2.13. The summed E-state index contributed by atoms with van der Waals surface area (Å²) < 4.78 is 24.1. The molecular weight excluding hydrogens is 300 g/mol. The summed E-state index contributed by atoms with van der Waals surface area (Å²) in [5.41, 5.74) is 5.24. The molecule has 1 aromatic carbocycles. The molecule has 90 valence electrons. The first-order valence-corrected chi connectivity index (χ1v) is 5.87. The average Bonchev–Trinajstić information content (AvgIpc) is 2.25. The van der Waals surface area contributed by atoms with Crippen molar-refractivity contribution in [2.45, 2.75) is 0 Å². The van der Waals surface area contributed by atoms with Crippen molar-refractivity contribution in [3.63, 3.8) is 0 Å². The van der Waals surface area contributed by atoms with Gasteiger partial charge in [-0.1, -0.05) is 11.6 Å². The van der Waals surface area contributed by atoms with Gasteiger partial charge in [0.2, 0.25) is 0 Å². The molecule has 0 amide bonds. The van der Waals surface area contributed by atoms with E-state index in [1.54, 1.807) is 0 Å². The van der Waals surface area contributed by atoms with E-state index in [2.05, 4.69) is 15.9 Å². The Balaban J connectivity index is 2.45. The van der Waals surface area contributed by atoms with Crippen molar-refractivity contribution in [1.82, 2.24) is 0 Å². The van der Waals surface area contributed by atoms with Crippen LogP contribution in [0.5, 0.6) is 5.75 Å². The van der Waals surface area contributed by atoms with Crippen molar-refractivity contribution < 1.29 is 13.9 Å². The van der Waals surface area contributed by atoms with Crippen LogP contribution in [-0.4, -0.2) is 26.4 Å². The number of halogens is 3. The lowest BCUT2D eigenvalue weighted by atomic mass is 10.3. The molecule has 2 N–H and O–H groups in total. The minimum absolute atomic E-state index is 0.0543. The van der Waals surface area contributed by atoms with Crippen LogP contribution in [0.25, 0.3) is 0 Å². The normalized spacial score (nSPS) is 10.5. The molecule has 0 aliphatic carbocycles. The highest BCUT2D eigenvalue weighted by Gasteiger charge is 2.07. The first kappa shape index (κ1) is 13.7. The number of ether oxygens (including phenoxy) is 2. The van der Waals surface area contributed by atoms with Gasteiger partial charge in [-0.15, -0.1) is 0 Å². The lowest BCUT2D eigenvalue weighted by molar-refractivity contribution is 0.105. The summed E-state index contributed by atoms with van der Waals surface area (Å²) in [5.74, 6) is -0.110. The van der Waals surface area contributed by atoms with Crippen LogP contribution in [0.1, 0.15) is 0 Å². The summed E-state index contributed by atoms with van der Waals surface area (Å²) in [7, 11) is 0. The van der Waals surface area contributed by atoms with Crippen LogP contribution >= 0.6 is 27.5 Å². The highest BCUT2D eigenvalue weighted by Crippen LogP contribution is 2.30. The summed E-state index contributed by atoms with van der Waals surface area (Å²) in [6, 6.07) is 2.68. The molecule has 1 rings (SSSR count). The van der Waals surface area contributed by atoms with Gasteiger partial charge in [0.15, 0.2) is 0 Å². The van der Waals surface area contributed by atoms with E-state index in [0.29, 0.717) is 36.6 Å². The largest absolute Gasteiger partial charge is 0.490 e. The molecule has 16 heavy (non-hydrogen) atoms. The summed E-state index contributed by atoms with van der Waals surface area (Å²) in [4.78, 5) is 0. The van der Waals surface area contributed by atoms with Gasteiger partial charge in [-0.05, 0) is 22.0 Å². The van der Waals surface area contributed by atoms with Crippen molar-refractivity contribution in [1.29, 1.82) is 0 Å². The van der Waals surface area contributed by atoms with Gasteiger partial charge in [0.25, 0.3) is 0 Å². The van der Waals surface area contributed by atoms with Gasteiger partial charge in [0.05, 0.1) is 22.7 Å². The van der Waals surface area contributed by atoms with Gasteiger partial charge in [-0.2, -0.15) is 0 Å². The zero-order valence-electron chi connectivity index (χ0n) is 8.51. The molecule has 0 aliphatic heterocycles. The summed E-state index contributed by atoms with van der Waals surface area (Å²) >= 11 is 8.82. The fourth-order valence-electron chi connectivity index (χ4n) is 1.01. The molecule has 0 aromatic heterocycles. The van der Waals surface area contributed by atoms with E-state index in [-0.39, 0.29) is 5.02 Å². The van der Waals surface area contributed by atoms with Crippen molar-refractivity contribution in [3.05, 3.63) is 27.4 Å². The van der Waals surface area contributed by atoms with E-state index >= 15 is 0 Å². The van der Waals surface area contributed by atoms with E-state index in [4.69, 9.17) is 26.8 Å². The Kier molecular flexibility index (Phi) is 6.05. The van der Waals surface area contributed by atoms with Gasteiger partial charge in [-0.3, -0.25) is 0 Å². The molecule has 0 saturated carbocycles. The smallest absolute Gasteiger partial charge is 0.145 e. The van der Waals surface area contributed by atoms with Crippen molar-refractivity contribution in [2.75, 3.05) is 26.4 Å². The monoisotopic (exact) mass is 311 g/mol. The van der Waals surface area contributed by atoms with E-state index in [1.165, 1.54) is 12.1 Å². The maximum absolute atomic E-state index is 13.1.